The summed E-state index contributed by atoms with van der Waals surface area (Å²) in [7, 11) is 0. The number of benzene rings is 2. The van der Waals surface area contributed by atoms with Crippen LogP contribution >= 0.6 is 0 Å². The summed E-state index contributed by atoms with van der Waals surface area (Å²) in [6, 6.07) is 19.5. The first-order valence-corrected chi connectivity index (χ1v) is 8.96. The van der Waals surface area contributed by atoms with Crippen molar-refractivity contribution >= 4 is 0 Å². The van der Waals surface area contributed by atoms with Gasteiger partial charge < -0.3 is 10.0 Å². The van der Waals surface area contributed by atoms with Crippen LogP contribution in [0.3, 0.4) is 0 Å². The van der Waals surface area contributed by atoms with E-state index in [0.29, 0.717) is 0 Å². The first kappa shape index (κ1) is 16.8. The fraction of sp³-hybridized carbons (Fsp3) is 0.364. The third-order valence-electron chi connectivity index (χ3n) is 4.80. The highest BCUT2D eigenvalue weighted by Crippen LogP contribution is 2.28. The van der Waals surface area contributed by atoms with Crippen LogP contribution in [0.25, 0.3) is 0 Å². The molecule has 124 valence electrons. The Balaban J connectivity index is 1.85. The topological polar surface area (TPSA) is 24.7 Å². The predicted molar refractivity (Wildman–Crippen MR) is 97.7 cm³/mol. The number of nitrogens with one attached hydrogen (secondary N) is 1. The Morgan fingerprint density at radius 1 is 0.792 bits per heavy atom. The fourth-order valence-electron chi connectivity index (χ4n) is 3.37. The maximum absolute atomic E-state index is 11.4. The molecule has 0 aromatic heterocycles. The Morgan fingerprint density at radius 3 is 1.79 bits per heavy atom. The van der Waals surface area contributed by atoms with E-state index in [4.69, 9.17) is 0 Å². The highest BCUT2D eigenvalue weighted by atomic mass is 16.3. The van der Waals surface area contributed by atoms with Gasteiger partial charge in [0, 0.05) is 11.1 Å². The van der Waals surface area contributed by atoms with Gasteiger partial charge in [0.15, 0.2) is 5.60 Å². The van der Waals surface area contributed by atoms with Crippen LogP contribution < -0.4 is 4.90 Å². The molecule has 2 nitrogen and oxygen atoms in total. The van der Waals surface area contributed by atoms with Gasteiger partial charge in [-0.15, -0.1) is 0 Å². The van der Waals surface area contributed by atoms with Gasteiger partial charge in [-0.2, -0.15) is 0 Å². The molecule has 2 heteroatoms. The minimum absolute atomic E-state index is 0.808. The van der Waals surface area contributed by atoms with Gasteiger partial charge in [0.25, 0.3) is 0 Å². The van der Waals surface area contributed by atoms with Crippen LogP contribution in [-0.4, -0.2) is 24.7 Å². The average Bonchev–Trinajstić information content (AvgIpc) is 2.92. The van der Waals surface area contributed by atoms with E-state index in [9.17, 15) is 5.11 Å². The zero-order valence-corrected chi connectivity index (χ0v) is 14.2. The Morgan fingerprint density at radius 2 is 1.29 bits per heavy atom. The van der Waals surface area contributed by atoms with E-state index in [1.807, 2.05) is 60.7 Å². The molecule has 0 radical (unpaired) electrons. The molecule has 0 unspecified atom stereocenters. The molecular formula is C22H26NO+. The zero-order valence-electron chi connectivity index (χ0n) is 14.2. The molecular weight excluding hydrogens is 294 g/mol. The van der Waals surface area contributed by atoms with Crippen molar-refractivity contribution in [3.8, 4) is 11.8 Å². The Bertz CT molecular complexity index is 637. The van der Waals surface area contributed by atoms with Crippen molar-refractivity contribution in [2.45, 2.75) is 31.3 Å². The van der Waals surface area contributed by atoms with Gasteiger partial charge in [0.05, 0.1) is 13.1 Å². The van der Waals surface area contributed by atoms with Crippen LogP contribution in [0.15, 0.2) is 60.7 Å². The first-order chi connectivity index (χ1) is 11.8. The molecule has 0 atom stereocenters. The molecule has 0 amide bonds. The standard InChI is InChI=1S/C22H25NO/c24-22(20-12-5-3-6-13-20,21-14-7-4-8-15-21)16-11-19-23-17-9-1-2-10-18-23/h3-8,12-15,24H,1-2,9-10,17-19H2/p+1. The van der Waals surface area contributed by atoms with E-state index >= 15 is 0 Å². The number of hydrogen-bond acceptors (Lipinski definition) is 1. The van der Waals surface area contributed by atoms with Crippen LogP contribution in [-0.2, 0) is 5.60 Å². The molecule has 3 rings (SSSR count). The second-order valence-corrected chi connectivity index (χ2v) is 6.59. The highest BCUT2D eigenvalue weighted by molar-refractivity contribution is 5.44. The smallest absolute Gasteiger partial charge is 0.177 e. The summed E-state index contributed by atoms with van der Waals surface area (Å²) >= 11 is 0. The second kappa shape index (κ2) is 8.15. The lowest BCUT2D eigenvalue weighted by molar-refractivity contribution is -0.891. The normalized spacial score (nSPS) is 16.0. The lowest BCUT2D eigenvalue weighted by Gasteiger charge is -2.23. The van der Waals surface area contributed by atoms with Crippen molar-refractivity contribution in [2.24, 2.45) is 0 Å². The Hall–Kier alpha value is -2.08. The SMILES string of the molecule is OC(C#CC[NH+]1CCCCCC1)(c1ccccc1)c1ccccc1. The summed E-state index contributed by atoms with van der Waals surface area (Å²) in [5.74, 6) is 6.46. The molecule has 1 heterocycles. The first-order valence-electron chi connectivity index (χ1n) is 8.96. The van der Waals surface area contributed by atoms with Crippen molar-refractivity contribution in [3.05, 3.63) is 71.8 Å². The minimum atomic E-state index is -1.24. The number of rotatable bonds is 3. The van der Waals surface area contributed by atoms with Crippen molar-refractivity contribution in [3.63, 3.8) is 0 Å². The van der Waals surface area contributed by atoms with Gasteiger partial charge in [-0.1, -0.05) is 66.6 Å². The second-order valence-electron chi connectivity index (χ2n) is 6.59. The van der Waals surface area contributed by atoms with Crippen molar-refractivity contribution in [1.82, 2.24) is 0 Å². The molecule has 2 aromatic carbocycles. The molecule has 24 heavy (non-hydrogen) atoms. The summed E-state index contributed by atoms with van der Waals surface area (Å²) in [5.41, 5.74) is 0.414. The molecule has 1 fully saturated rings. The predicted octanol–water partition coefficient (Wildman–Crippen LogP) is 2.38. The van der Waals surface area contributed by atoms with Crippen LogP contribution in [0.1, 0.15) is 36.8 Å². The molecule has 1 saturated heterocycles. The molecule has 2 aromatic rings. The summed E-state index contributed by atoms with van der Waals surface area (Å²) in [6.45, 7) is 3.20. The van der Waals surface area contributed by atoms with Crippen molar-refractivity contribution in [1.29, 1.82) is 0 Å². The van der Waals surface area contributed by atoms with Crippen LogP contribution in [0.4, 0.5) is 0 Å². The maximum Gasteiger partial charge on any atom is 0.177 e. The molecule has 0 aliphatic carbocycles. The Kier molecular flexibility index (Phi) is 5.69. The summed E-state index contributed by atoms with van der Waals surface area (Å²) in [6.07, 6.45) is 5.26. The third-order valence-corrected chi connectivity index (χ3v) is 4.80. The van der Waals surface area contributed by atoms with Gasteiger partial charge >= 0.3 is 0 Å². The molecule has 0 spiro atoms. The number of hydrogen-bond donors (Lipinski definition) is 2. The highest BCUT2D eigenvalue weighted by Gasteiger charge is 2.29. The summed E-state index contributed by atoms with van der Waals surface area (Å²) in [5, 5.41) is 11.4. The number of likely N-dealkylation sites (tertiary alicyclic amines) is 1. The van der Waals surface area contributed by atoms with Gasteiger partial charge in [0.1, 0.15) is 6.54 Å². The van der Waals surface area contributed by atoms with Gasteiger partial charge in [-0.25, -0.2) is 0 Å². The maximum atomic E-state index is 11.4. The molecule has 0 saturated carbocycles. The molecule has 1 aliphatic rings. The van der Waals surface area contributed by atoms with Gasteiger partial charge in [0.2, 0.25) is 0 Å². The van der Waals surface area contributed by atoms with Crippen molar-refractivity contribution < 1.29 is 10.0 Å². The molecule has 2 N–H and O–H groups in total. The molecule has 1 aliphatic heterocycles. The van der Waals surface area contributed by atoms with Gasteiger partial charge in [-0.05, 0) is 31.6 Å². The average molecular weight is 320 g/mol. The van der Waals surface area contributed by atoms with E-state index in [2.05, 4.69) is 11.8 Å². The van der Waals surface area contributed by atoms with E-state index in [1.165, 1.54) is 38.8 Å². The Labute approximate surface area is 145 Å². The van der Waals surface area contributed by atoms with Crippen LogP contribution in [0, 0.1) is 11.8 Å². The van der Waals surface area contributed by atoms with E-state index < -0.39 is 5.60 Å². The van der Waals surface area contributed by atoms with Crippen LogP contribution in [0.5, 0.6) is 0 Å². The lowest BCUT2D eigenvalue weighted by Crippen LogP contribution is -3.11. The lowest BCUT2D eigenvalue weighted by atomic mass is 9.87. The van der Waals surface area contributed by atoms with E-state index in [1.54, 1.807) is 4.90 Å². The fourth-order valence-corrected chi connectivity index (χ4v) is 3.37. The third kappa shape index (κ3) is 4.06. The number of quaternary nitrogens is 1. The minimum Gasteiger partial charge on any atom is -0.369 e. The summed E-state index contributed by atoms with van der Waals surface area (Å²) in [4.78, 5) is 1.54. The monoisotopic (exact) mass is 320 g/mol. The van der Waals surface area contributed by atoms with E-state index in [0.717, 1.165) is 17.7 Å². The van der Waals surface area contributed by atoms with Crippen molar-refractivity contribution in [2.75, 3.05) is 19.6 Å². The summed E-state index contributed by atoms with van der Waals surface area (Å²) < 4.78 is 0. The molecule has 0 bridgehead atoms. The van der Waals surface area contributed by atoms with E-state index in [-0.39, 0.29) is 0 Å². The number of aliphatic hydroxyl groups is 1. The van der Waals surface area contributed by atoms with Gasteiger partial charge in [-0.3, -0.25) is 0 Å². The van der Waals surface area contributed by atoms with Crippen LogP contribution in [0.2, 0.25) is 0 Å². The quantitative estimate of drug-likeness (QED) is 0.834. The zero-order chi connectivity index (χ0) is 16.7. The largest absolute Gasteiger partial charge is 0.369 e.